The van der Waals surface area contributed by atoms with Gasteiger partial charge in [-0.3, -0.25) is 4.79 Å². The fourth-order valence-electron chi connectivity index (χ4n) is 2.65. The number of carbonyl (C=O) groups excluding carboxylic acids is 1. The molecule has 0 N–H and O–H groups in total. The molecule has 1 heterocycles. The number of allylic oxidation sites excluding steroid dienone is 2. The Bertz CT molecular complexity index is 293. The SMILES string of the molecule is O=C(OCC1CO1)C1CC2C=CC1CC2. The summed E-state index contributed by atoms with van der Waals surface area (Å²) in [7, 11) is 0. The minimum atomic E-state index is -0.00968. The van der Waals surface area contributed by atoms with Gasteiger partial charge in [-0.05, 0) is 31.1 Å². The highest BCUT2D eigenvalue weighted by molar-refractivity contribution is 5.73. The first-order chi connectivity index (χ1) is 7.33. The summed E-state index contributed by atoms with van der Waals surface area (Å²) in [5.41, 5.74) is 0. The lowest BCUT2D eigenvalue weighted by atomic mass is 9.69. The van der Waals surface area contributed by atoms with Crippen LogP contribution >= 0.6 is 0 Å². The lowest BCUT2D eigenvalue weighted by Crippen LogP contribution is -2.34. The van der Waals surface area contributed by atoms with Gasteiger partial charge in [-0.1, -0.05) is 12.2 Å². The van der Waals surface area contributed by atoms with E-state index < -0.39 is 0 Å². The monoisotopic (exact) mass is 208 g/mol. The Kier molecular flexibility index (Phi) is 2.28. The van der Waals surface area contributed by atoms with Gasteiger partial charge in [-0.15, -0.1) is 0 Å². The Balaban J connectivity index is 1.57. The largest absolute Gasteiger partial charge is 0.463 e. The van der Waals surface area contributed by atoms with Gasteiger partial charge >= 0.3 is 5.97 Å². The smallest absolute Gasteiger partial charge is 0.309 e. The van der Waals surface area contributed by atoms with Crippen molar-refractivity contribution < 1.29 is 14.3 Å². The third kappa shape index (κ3) is 1.93. The lowest BCUT2D eigenvalue weighted by molar-refractivity contribution is -0.152. The first-order valence-electron chi connectivity index (χ1n) is 5.79. The maximum Gasteiger partial charge on any atom is 0.309 e. The van der Waals surface area contributed by atoms with Crippen LogP contribution in [-0.4, -0.2) is 25.3 Å². The maximum atomic E-state index is 11.8. The number of carbonyl (C=O) groups is 1. The third-order valence-corrected chi connectivity index (χ3v) is 3.69. The fourth-order valence-corrected chi connectivity index (χ4v) is 2.65. The number of rotatable bonds is 3. The zero-order valence-electron chi connectivity index (χ0n) is 8.72. The Morgan fingerprint density at radius 2 is 2.27 bits per heavy atom. The first-order valence-corrected chi connectivity index (χ1v) is 5.79. The van der Waals surface area contributed by atoms with Crippen molar-refractivity contribution in [1.29, 1.82) is 0 Å². The van der Waals surface area contributed by atoms with Gasteiger partial charge < -0.3 is 9.47 Å². The van der Waals surface area contributed by atoms with E-state index in [9.17, 15) is 4.79 Å². The predicted octanol–water partition coefficient (Wildman–Crippen LogP) is 1.53. The quantitative estimate of drug-likeness (QED) is 0.401. The fraction of sp³-hybridized carbons (Fsp3) is 0.750. The summed E-state index contributed by atoms with van der Waals surface area (Å²) in [5.74, 6) is 1.16. The van der Waals surface area contributed by atoms with Crippen LogP contribution in [0.25, 0.3) is 0 Å². The number of ether oxygens (including phenoxy) is 2. The van der Waals surface area contributed by atoms with Gasteiger partial charge in [0.25, 0.3) is 0 Å². The van der Waals surface area contributed by atoms with E-state index in [1.54, 1.807) is 0 Å². The molecular formula is C12H16O3. The van der Waals surface area contributed by atoms with Gasteiger partial charge in [0.2, 0.25) is 0 Å². The number of esters is 1. The number of epoxide rings is 1. The third-order valence-electron chi connectivity index (χ3n) is 3.69. The molecule has 82 valence electrons. The lowest BCUT2D eigenvalue weighted by Gasteiger charge is -2.36. The molecule has 4 atom stereocenters. The summed E-state index contributed by atoms with van der Waals surface area (Å²) >= 11 is 0. The molecular weight excluding hydrogens is 192 g/mol. The summed E-state index contributed by atoms with van der Waals surface area (Å²) < 4.78 is 10.3. The van der Waals surface area contributed by atoms with E-state index in [-0.39, 0.29) is 18.0 Å². The van der Waals surface area contributed by atoms with E-state index in [4.69, 9.17) is 9.47 Å². The molecule has 4 aliphatic rings. The molecule has 0 aromatic carbocycles. The van der Waals surface area contributed by atoms with Crippen molar-refractivity contribution in [1.82, 2.24) is 0 Å². The molecule has 2 fully saturated rings. The van der Waals surface area contributed by atoms with E-state index in [0.29, 0.717) is 18.4 Å². The molecule has 0 radical (unpaired) electrons. The molecule has 0 aromatic rings. The molecule has 1 aliphatic heterocycles. The zero-order valence-corrected chi connectivity index (χ0v) is 8.72. The normalized spacial score (nSPS) is 41.6. The molecule has 0 spiro atoms. The highest BCUT2D eigenvalue weighted by atomic mass is 16.6. The number of fused-ring (bicyclic) bond motifs is 2. The molecule has 1 saturated carbocycles. The first kappa shape index (κ1) is 9.40. The van der Waals surface area contributed by atoms with Crippen LogP contribution < -0.4 is 0 Å². The van der Waals surface area contributed by atoms with Crippen molar-refractivity contribution in [2.75, 3.05) is 13.2 Å². The summed E-state index contributed by atoms with van der Waals surface area (Å²) in [5, 5.41) is 0. The second-order valence-corrected chi connectivity index (χ2v) is 4.81. The van der Waals surface area contributed by atoms with E-state index in [1.807, 2.05) is 0 Å². The Morgan fingerprint density at radius 3 is 2.80 bits per heavy atom. The second-order valence-electron chi connectivity index (χ2n) is 4.81. The Morgan fingerprint density at radius 1 is 1.40 bits per heavy atom. The van der Waals surface area contributed by atoms with E-state index in [2.05, 4.69) is 12.2 Å². The molecule has 2 bridgehead atoms. The molecule has 4 rings (SSSR count). The van der Waals surface area contributed by atoms with Crippen molar-refractivity contribution in [3.05, 3.63) is 12.2 Å². The second kappa shape index (κ2) is 3.63. The Hall–Kier alpha value is -0.830. The van der Waals surface area contributed by atoms with E-state index >= 15 is 0 Å². The predicted molar refractivity (Wildman–Crippen MR) is 54.2 cm³/mol. The molecule has 1 saturated heterocycles. The highest BCUT2D eigenvalue weighted by Gasteiger charge is 2.38. The van der Waals surface area contributed by atoms with Crippen LogP contribution in [0.2, 0.25) is 0 Å². The summed E-state index contributed by atoms with van der Waals surface area (Å²) in [6, 6.07) is 0. The van der Waals surface area contributed by atoms with Gasteiger partial charge in [0, 0.05) is 0 Å². The van der Waals surface area contributed by atoms with Crippen molar-refractivity contribution in [3.63, 3.8) is 0 Å². The number of hydrogen-bond acceptors (Lipinski definition) is 3. The van der Waals surface area contributed by atoms with Gasteiger partial charge in [0.05, 0.1) is 12.5 Å². The van der Waals surface area contributed by atoms with Crippen LogP contribution in [-0.2, 0) is 14.3 Å². The topological polar surface area (TPSA) is 38.8 Å². The summed E-state index contributed by atoms with van der Waals surface area (Å²) in [6.07, 6.45) is 8.05. The molecule has 4 unspecified atom stereocenters. The average Bonchev–Trinajstić information content (AvgIpc) is 3.11. The van der Waals surface area contributed by atoms with Crippen LogP contribution in [0, 0.1) is 17.8 Å². The molecule has 3 heteroatoms. The van der Waals surface area contributed by atoms with Gasteiger partial charge in [-0.2, -0.15) is 0 Å². The molecule has 0 amide bonds. The van der Waals surface area contributed by atoms with Crippen LogP contribution in [0.1, 0.15) is 19.3 Å². The number of hydrogen-bond donors (Lipinski definition) is 0. The van der Waals surface area contributed by atoms with Gasteiger partial charge in [-0.25, -0.2) is 0 Å². The van der Waals surface area contributed by atoms with Crippen molar-refractivity contribution >= 4 is 5.97 Å². The van der Waals surface area contributed by atoms with Crippen molar-refractivity contribution in [2.24, 2.45) is 17.8 Å². The van der Waals surface area contributed by atoms with Gasteiger partial charge in [0.15, 0.2) is 0 Å². The molecule has 3 aliphatic carbocycles. The molecule has 3 nitrogen and oxygen atoms in total. The van der Waals surface area contributed by atoms with Crippen LogP contribution in [0.15, 0.2) is 12.2 Å². The standard InChI is InChI=1S/C12H16O3/c13-12(15-7-10-6-14-10)11-5-8-1-3-9(11)4-2-8/h1,3,8-11H,2,4-7H2. The van der Waals surface area contributed by atoms with Crippen molar-refractivity contribution in [3.8, 4) is 0 Å². The van der Waals surface area contributed by atoms with E-state index in [1.165, 1.54) is 6.42 Å². The van der Waals surface area contributed by atoms with Crippen molar-refractivity contribution in [2.45, 2.75) is 25.4 Å². The molecule has 15 heavy (non-hydrogen) atoms. The van der Waals surface area contributed by atoms with Crippen LogP contribution in [0.4, 0.5) is 0 Å². The van der Waals surface area contributed by atoms with E-state index in [0.717, 1.165) is 19.4 Å². The van der Waals surface area contributed by atoms with Crippen LogP contribution in [0.3, 0.4) is 0 Å². The minimum absolute atomic E-state index is 0.00968. The minimum Gasteiger partial charge on any atom is -0.463 e. The maximum absolute atomic E-state index is 11.8. The summed E-state index contributed by atoms with van der Waals surface area (Å²) in [4.78, 5) is 11.8. The summed E-state index contributed by atoms with van der Waals surface area (Å²) in [6.45, 7) is 1.21. The van der Waals surface area contributed by atoms with Crippen LogP contribution in [0.5, 0.6) is 0 Å². The zero-order chi connectivity index (χ0) is 10.3. The molecule has 0 aromatic heterocycles. The Labute approximate surface area is 89.4 Å². The highest BCUT2D eigenvalue weighted by Crippen LogP contribution is 2.40. The average molecular weight is 208 g/mol. The van der Waals surface area contributed by atoms with Gasteiger partial charge in [0.1, 0.15) is 12.7 Å².